The third kappa shape index (κ3) is 27.7. The summed E-state index contributed by atoms with van der Waals surface area (Å²) in [6, 6.07) is 23.1. The summed E-state index contributed by atoms with van der Waals surface area (Å²) in [5, 5.41) is 42.6. The monoisotopic (exact) mass is 1350 g/mol. The van der Waals surface area contributed by atoms with Crippen molar-refractivity contribution >= 4 is 134 Å². The van der Waals surface area contributed by atoms with E-state index in [4.69, 9.17) is 70.9 Å². The Kier molecular flexibility index (Phi) is 31.5. The van der Waals surface area contributed by atoms with Crippen molar-refractivity contribution in [2.75, 3.05) is 45.0 Å². The van der Waals surface area contributed by atoms with Gasteiger partial charge in [-0.3, -0.25) is 29.3 Å². The lowest BCUT2D eigenvalue weighted by Crippen LogP contribution is -2.41. The number of hydrogen-bond donors (Lipinski definition) is 7. The topological polar surface area (TPSA) is 383 Å². The van der Waals surface area contributed by atoms with Crippen molar-refractivity contribution < 1.29 is 58.2 Å². The first-order valence-corrected chi connectivity index (χ1v) is 29.1. The summed E-state index contributed by atoms with van der Waals surface area (Å²) in [4.78, 5) is 98.4. The Labute approximate surface area is 538 Å². The summed E-state index contributed by atoms with van der Waals surface area (Å²) in [6.45, 7) is 8.02. The number of carboxylic acids is 3. The number of anilines is 3. The number of benzene rings is 3. The van der Waals surface area contributed by atoms with E-state index >= 15 is 0 Å². The molecule has 0 unspecified atom stereocenters. The first-order valence-electron chi connectivity index (χ1n) is 26.8. The highest BCUT2D eigenvalue weighted by Crippen LogP contribution is 2.36. The lowest BCUT2D eigenvalue weighted by Gasteiger charge is -2.32. The van der Waals surface area contributed by atoms with Crippen LogP contribution in [-0.2, 0) is 61.0 Å². The largest absolute Gasteiger partial charge is 0.498 e. The first-order chi connectivity index (χ1) is 41.9. The van der Waals surface area contributed by atoms with Crippen LogP contribution in [0.3, 0.4) is 0 Å². The number of carbonyl (C=O) groups excluding carboxylic acids is 4. The quantitative estimate of drug-likeness (QED) is 0.0342. The van der Waals surface area contributed by atoms with E-state index in [1.54, 1.807) is 37.2 Å². The highest BCUT2D eigenvalue weighted by Gasteiger charge is 2.52. The fraction of sp³-hybridized carbons (Fsp3) is 0.328. The molecule has 26 nitrogen and oxygen atoms in total. The van der Waals surface area contributed by atoms with Crippen LogP contribution in [0.15, 0.2) is 120 Å². The number of amides is 3. The highest BCUT2D eigenvalue weighted by atomic mass is 79.9. The Morgan fingerprint density at radius 3 is 1.38 bits per heavy atom. The maximum absolute atomic E-state index is 12.2. The van der Waals surface area contributed by atoms with E-state index < -0.39 is 49.6 Å². The molecule has 3 aliphatic heterocycles. The van der Waals surface area contributed by atoms with Crippen molar-refractivity contribution in [3.63, 3.8) is 0 Å². The third-order valence-electron chi connectivity index (χ3n) is 12.2. The number of ketones is 1. The minimum atomic E-state index is -1.58. The van der Waals surface area contributed by atoms with E-state index in [1.165, 1.54) is 24.7 Å². The molecule has 6 aromatic rings. The molecule has 31 heteroatoms. The number of carbonyl (C=O) groups is 7. The molecular formula is C58H69BBrCl3N14O12. The third-order valence-corrected chi connectivity index (χ3v) is 13.6. The number of carboxylic acid groups (broad SMARTS) is 3. The van der Waals surface area contributed by atoms with E-state index in [-0.39, 0.29) is 65.6 Å². The molecular weight excluding hydrogens is 1280 g/mol. The van der Waals surface area contributed by atoms with Crippen LogP contribution in [0.1, 0.15) is 94.0 Å². The molecule has 3 aromatic heterocycles. The van der Waals surface area contributed by atoms with Crippen LogP contribution >= 0.6 is 50.7 Å². The van der Waals surface area contributed by atoms with Gasteiger partial charge in [0.25, 0.3) is 5.91 Å². The summed E-state index contributed by atoms with van der Waals surface area (Å²) >= 11 is 20.9. The van der Waals surface area contributed by atoms with Gasteiger partial charge in [0.2, 0.25) is 35.4 Å². The average molecular weight is 1350 g/mol. The van der Waals surface area contributed by atoms with E-state index in [1.807, 2.05) is 115 Å². The summed E-state index contributed by atoms with van der Waals surface area (Å²) in [7, 11) is 6.30. The molecule has 0 saturated carbocycles. The molecule has 0 radical (unpaired) electrons. The lowest BCUT2D eigenvalue weighted by molar-refractivity contribution is -0.149. The van der Waals surface area contributed by atoms with Crippen LogP contribution in [0, 0.1) is 0 Å². The zero-order chi connectivity index (χ0) is 66.4. The zero-order valence-electron chi connectivity index (χ0n) is 50.0. The first kappa shape index (κ1) is 74.9. The predicted octanol–water partition coefficient (Wildman–Crippen LogP) is 7.18. The summed E-state index contributed by atoms with van der Waals surface area (Å²) in [5.74, 6) is -4.79. The standard InChI is InChI=1S/C17H16ClN5O2.C11H10ClN3.C10H16BN3O2.C7H6BrCl.C6H8N2O3.C5H6O5.C2H7N/c1-23-15(24)6-5-14(22-23)16(25)21-17-19-9-12(10-20-17)7-11-3-2-4-13(18)8-11;12-10-3-1-2-8(5-10)4-9-6-14-11(13)15-7-9;1-9(2)10(3,4)16-11(15-9)7-5-13-8(12)14-6-7;8-5-6-2-1-3-7(9)4-6;1-8-5(9)3-2-4(7-8)6(10)11;6-3(5(9)10)1-2-4(7)8;1-3-2/h2-4,8-10H,5-7H2,1H3,(H,19,20,21,25);1-3,5-7H,4H2,(H2,13,14,15);5-6H,1-4H3,(H2,12,13,14);1-4H,5H2;2-3H2,1H3,(H,10,11);1-2H2,(H,7,8)(H,9,10);3H,1-2H3. The van der Waals surface area contributed by atoms with Gasteiger partial charge in [-0.25, -0.2) is 49.5 Å². The summed E-state index contributed by atoms with van der Waals surface area (Å²) < 4.78 is 11.7. The molecule has 474 valence electrons. The maximum Gasteiger partial charge on any atom is 0.498 e. The van der Waals surface area contributed by atoms with Crippen LogP contribution in [0.4, 0.5) is 17.8 Å². The number of rotatable bonds is 13. The molecule has 3 amide bonds. The van der Waals surface area contributed by atoms with Crippen LogP contribution in [0.25, 0.3) is 0 Å². The van der Waals surface area contributed by atoms with Crippen LogP contribution in [0.5, 0.6) is 0 Å². The van der Waals surface area contributed by atoms with Crippen LogP contribution in [-0.4, -0.2) is 155 Å². The van der Waals surface area contributed by atoms with Crippen molar-refractivity contribution in [2.24, 2.45) is 10.2 Å². The van der Waals surface area contributed by atoms with Crippen molar-refractivity contribution in [3.8, 4) is 0 Å². The van der Waals surface area contributed by atoms with Crippen LogP contribution < -0.4 is 27.6 Å². The van der Waals surface area contributed by atoms with Gasteiger partial charge in [0, 0.05) is 122 Å². The molecule has 3 aliphatic rings. The van der Waals surface area contributed by atoms with Crippen LogP contribution in [0.2, 0.25) is 15.1 Å². The summed E-state index contributed by atoms with van der Waals surface area (Å²) in [6.07, 6.45) is 11.6. The number of nitrogens with zero attached hydrogens (tertiary/aromatic N) is 10. The maximum atomic E-state index is 12.2. The molecule has 6 heterocycles. The lowest BCUT2D eigenvalue weighted by atomic mass is 9.81. The van der Waals surface area contributed by atoms with E-state index in [9.17, 15) is 33.6 Å². The van der Waals surface area contributed by atoms with Gasteiger partial charge < -0.3 is 41.4 Å². The molecule has 0 atom stereocenters. The molecule has 9 N–H and O–H groups in total. The molecule has 3 aromatic carbocycles. The molecule has 0 bridgehead atoms. The van der Waals surface area contributed by atoms with Crippen molar-refractivity contribution in [1.82, 2.24) is 45.2 Å². The molecule has 9 rings (SSSR count). The number of Topliss-reactive ketones (excluding diaryl/α,β-unsaturated/α-hetero) is 1. The second-order valence-corrected chi connectivity index (χ2v) is 21.9. The number of nitrogen functional groups attached to an aromatic ring is 2. The van der Waals surface area contributed by atoms with Gasteiger partial charge >= 0.3 is 25.0 Å². The molecule has 1 saturated heterocycles. The Hall–Kier alpha value is -8.38. The molecule has 0 aliphatic carbocycles. The van der Waals surface area contributed by atoms with Gasteiger partial charge in [0.1, 0.15) is 11.4 Å². The van der Waals surface area contributed by atoms with Gasteiger partial charge in [0.05, 0.1) is 17.6 Å². The number of aromatic nitrogens is 6. The highest BCUT2D eigenvalue weighted by molar-refractivity contribution is 9.08. The van der Waals surface area contributed by atoms with Crippen molar-refractivity contribution in [2.45, 2.75) is 95.6 Å². The average Bonchev–Trinajstić information content (AvgIpc) is 2.43. The number of alkyl halides is 1. The normalized spacial score (nSPS) is 14.1. The Bertz CT molecular complexity index is 3390. The van der Waals surface area contributed by atoms with Gasteiger partial charge in [-0.1, -0.05) is 87.1 Å². The minimum absolute atomic E-state index is 0.0482. The van der Waals surface area contributed by atoms with E-state index in [2.05, 4.69) is 66.7 Å². The second-order valence-electron chi connectivity index (χ2n) is 20.0. The van der Waals surface area contributed by atoms with Crippen molar-refractivity contribution in [3.05, 3.63) is 153 Å². The van der Waals surface area contributed by atoms with Gasteiger partial charge in [-0.05, 0) is 106 Å². The molecule has 0 spiro atoms. The number of nitrogens with two attached hydrogens (primary N) is 2. The SMILES string of the molecule is CC1(C)OB(c2cnc(N)nc2)OC1(C)C.CN1N=C(C(=O)Nc2ncc(Cc3cccc(Cl)c3)cn2)CCC1=O.CN1N=C(C(=O)O)CCC1=O.CNC.Clc1cccc(CBr)c1.Nc1ncc(Cc2cccc(Cl)c2)cn1.O=C(O)CCC(=O)C(=O)O. The number of halogens is 4. The number of hydrazone groups is 2. The molecule has 89 heavy (non-hydrogen) atoms. The van der Waals surface area contributed by atoms with E-state index in [0.717, 1.165) is 54.5 Å². The Morgan fingerprint density at radius 2 is 1.00 bits per heavy atom. The van der Waals surface area contributed by atoms with Crippen molar-refractivity contribution in [1.29, 1.82) is 0 Å². The number of hydrogen-bond acceptors (Lipinski definition) is 20. The van der Waals surface area contributed by atoms with Gasteiger partial charge in [0.15, 0.2) is 0 Å². The Morgan fingerprint density at radius 1 is 0.607 bits per heavy atom. The van der Waals surface area contributed by atoms with E-state index in [0.29, 0.717) is 23.8 Å². The number of aliphatic carboxylic acids is 3. The minimum Gasteiger partial charge on any atom is -0.481 e. The second kappa shape index (κ2) is 37.5. The zero-order valence-corrected chi connectivity index (χ0v) is 53.8. The number of nitrogens with one attached hydrogen (secondary N) is 2. The fourth-order valence-electron chi connectivity index (χ4n) is 6.96. The van der Waals surface area contributed by atoms with Gasteiger partial charge in [-0.2, -0.15) is 10.2 Å². The summed E-state index contributed by atoms with van der Waals surface area (Å²) in [5.41, 5.74) is 16.6. The smallest absolute Gasteiger partial charge is 0.481 e. The van der Waals surface area contributed by atoms with Gasteiger partial charge in [-0.15, -0.1) is 0 Å². The predicted molar refractivity (Wildman–Crippen MR) is 343 cm³/mol. The fourth-order valence-corrected chi connectivity index (χ4v) is 7.95. The molecule has 1 fully saturated rings. The Balaban J connectivity index is 0.000000287.